The number of carbonyl (C=O) groups is 1. The topological polar surface area (TPSA) is 30.7 Å². The molecule has 1 aromatic carbocycles. The quantitative estimate of drug-likeness (QED) is 0.562. The number of hydrogen-bond acceptors (Lipinski definition) is 2. The van der Waals surface area contributed by atoms with Crippen LogP contribution in [0, 0.1) is 12.0 Å². The van der Waals surface area contributed by atoms with Crippen molar-refractivity contribution in [2.45, 2.75) is 27.0 Å². The molecule has 0 aliphatic carbocycles. The summed E-state index contributed by atoms with van der Waals surface area (Å²) in [5.74, 6) is -0.364. The summed E-state index contributed by atoms with van der Waals surface area (Å²) in [4.78, 5) is 15.0. The van der Waals surface area contributed by atoms with Gasteiger partial charge in [0.1, 0.15) is 0 Å². The number of carbonyl (C=O) groups excluding carboxylic acids is 1. The number of nitrogens with zero attached hydrogens (tertiary/aromatic N) is 1. The zero-order valence-electron chi connectivity index (χ0n) is 9.73. The van der Waals surface area contributed by atoms with Crippen LogP contribution in [-0.4, -0.2) is 5.97 Å². The molecule has 0 saturated heterocycles. The molecular weight excluding hydrogens is 202 g/mol. The van der Waals surface area contributed by atoms with E-state index in [2.05, 4.69) is 4.85 Å². The summed E-state index contributed by atoms with van der Waals surface area (Å²) in [6.45, 7) is 12.3. The Hall–Kier alpha value is -1.82. The minimum Gasteiger partial charge on any atom is -0.387 e. The van der Waals surface area contributed by atoms with Crippen molar-refractivity contribution in [1.82, 2.24) is 0 Å². The van der Waals surface area contributed by atoms with E-state index in [4.69, 9.17) is 11.3 Å². The molecule has 1 unspecified atom stereocenters. The molecule has 0 aliphatic heterocycles. The fraction of sp³-hybridized carbons (Fsp3) is 0.385. The van der Waals surface area contributed by atoms with E-state index in [-0.39, 0.29) is 5.97 Å². The van der Waals surface area contributed by atoms with Crippen LogP contribution in [0.5, 0.6) is 0 Å². The first-order chi connectivity index (χ1) is 7.45. The second-order valence-corrected chi connectivity index (χ2v) is 4.55. The van der Waals surface area contributed by atoms with Crippen molar-refractivity contribution in [2.24, 2.45) is 5.41 Å². The zero-order valence-corrected chi connectivity index (χ0v) is 9.73. The van der Waals surface area contributed by atoms with Gasteiger partial charge in [-0.05, 0) is 32.9 Å². The summed E-state index contributed by atoms with van der Waals surface area (Å²) < 4.78 is 5.16. The van der Waals surface area contributed by atoms with Gasteiger partial charge in [0.05, 0.1) is 11.0 Å². The largest absolute Gasteiger partial charge is 0.395 e. The Morgan fingerprint density at radius 2 is 1.88 bits per heavy atom. The third kappa shape index (κ3) is 3.09. The molecule has 0 fully saturated rings. The molecule has 3 heteroatoms. The van der Waals surface area contributed by atoms with Crippen LogP contribution in [0.4, 0.5) is 0 Å². The van der Waals surface area contributed by atoms with Gasteiger partial charge in [-0.2, -0.15) is 0 Å². The number of rotatable bonds is 2. The van der Waals surface area contributed by atoms with E-state index in [1.54, 1.807) is 32.9 Å². The molecule has 0 bridgehead atoms. The van der Waals surface area contributed by atoms with Gasteiger partial charge in [-0.25, -0.2) is 6.57 Å². The van der Waals surface area contributed by atoms with Gasteiger partial charge in [0.25, 0.3) is 0 Å². The van der Waals surface area contributed by atoms with E-state index in [0.29, 0.717) is 5.56 Å². The van der Waals surface area contributed by atoms with Crippen LogP contribution >= 0.6 is 0 Å². The van der Waals surface area contributed by atoms with Gasteiger partial charge < -0.3 is 4.74 Å². The second kappa shape index (κ2) is 4.80. The van der Waals surface area contributed by atoms with Gasteiger partial charge in [-0.15, -0.1) is 0 Å². The Kier molecular flexibility index (Phi) is 3.68. The lowest BCUT2D eigenvalue weighted by molar-refractivity contribution is -0.156. The molecule has 1 atom stereocenters. The molecule has 1 rings (SSSR count). The molecule has 1 aromatic rings. The van der Waals surface area contributed by atoms with Gasteiger partial charge in [0.2, 0.25) is 0 Å². The van der Waals surface area contributed by atoms with Crippen LogP contribution in [0.3, 0.4) is 0 Å². The van der Waals surface area contributed by atoms with Gasteiger partial charge in [-0.3, -0.25) is 9.64 Å². The predicted octanol–water partition coefficient (Wildman–Crippen LogP) is 3.19. The monoisotopic (exact) mass is 217 g/mol. The van der Waals surface area contributed by atoms with Gasteiger partial charge in [0.15, 0.2) is 0 Å². The molecule has 84 valence electrons. The Labute approximate surface area is 95.9 Å². The average molecular weight is 217 g/mol. The molecule has 0 N–H and O–H groups in total. The SMILES string of the molecule is [C-]#[N+]C(OC(=O)C(C)(C)C)c1ccccc1. The number of ether oxygens (including phenoxy) is 1. The van der Waals surface area contributed by atoms with E-state index < -0.39 is 11.6 Å². The highest BCUT2D eigenvalue weighted by molar-refractivity contribution is 5.75. The summed E-state index contributed by atoms with van der Waals surface area (Å²) in [6.07, 6.45) is -0.840. The van der Waals surface area contributed by atoms with E-state index in [1.807, 2.05) is 18.2 Å². The smallest absolute Gasteiger partial charge is 0.387 e. The Bertz CT molecular complexity index is 398. The van der Waals surface area contributed by atoms with Crippen LogP contribution in [-0.2, 0) is 9.53 Å². The van der Waals surface area contributed by atoms with Crippen molar-refractivity contribution in [2.75, 3.05) is 0 Å². The van der Waals surface area contributed by atoms with E-state index in [0.717, 1.165) is 0 Å². The minimum atomic E-state index is -0.840. The molecule has 0 radical (unpaired) electrons. The van der Waals surface area contributed by atoms with Crippen molar-refractivity contribution in [1.29, 1.82) is 0 Å². The number of hydrogen-bond donors (Lipinski definition) is 0. The summed E-state index contributed by atoms with van der Waals surface area (Å²) in [5.41, 5.74) is 0.118. The van der Waals surface area contributed by atoms with Gasteiger partial charge >= 0.3 is 12.2 Å². The standard InChI is InChI=1S/C13H15NO2/c1-13(2,3)12(15)16-11(14-4)10-8-6-5-7-9-10/h5-9,11H,1-3H3. The molecule has 0 amide bonds. The van der Waals surface area contributed by atoms with Crippen LogP contribution in [0.2, 0.25) is 0 Å². The molecule has 0 aliphatic rings. The summed E-state index contributed by atoms with van der Waals surface area (Å²) in [6, 6.07) is 9.05. The van der Waals surface area contributed by atoms with E-state index in [9.17, 15) is 4.79 Å². The Morgan fingerprint density at radius 3 is 2.31 bits per heavy atom. The van der Waals surface area contributed by atoms with Crippen molar-refractivity contribution in [3.8, 4) is 0 Å². The fourth-order valence-corrected chi connectivity index (χ4v) is 1.06. The highest BCUT2D eigenvalue weighted by Crippen LogP contribution is 2.24. The summed E-state index contributed by atoms with van der Waals surface area (Å²) in [5, 5.41) is 0. The third-order valence-corrected chi connectivity index (χ3v) is 2.03. The van der Waals surface area contributed by atoms with E-state index >= 15 is 0 Å². The van der Waals surface area contributed by atoms with E-state index in [1.165, 1.54) is 0 Å². The van der Waals surface area contributed by atoms with Gasteiger partial charge in [0, 0.05) is 0 Å². The molecule has 0 heterocycles. The maximum absolute atomic E-state index is 11.6. The zero-order chi connectivity index (χ0) is 12.2. The maximum atomic E-state index is 11.6. The predicted molar refractivity (Wildman–Crippen MR) is 61.3 cm³/mol. The van der Waals surface area contributed by atoms with Crippen molar-refractivity contribution >= 4 is 5.97 Å². The lowest BCUT2D eigenvalue weighted by atomic mass is 9.97. The highest BCUT2D eigenvalue weighted by atomic mass is 16.6. The molecule has 0 aromatic heterocycles. The Morgan fingerprint density at radius 1 is 1.31 bits per heavy atom. The molecule has 0 spiro atoms. The summed E-state index contributed by atoms with van der Waals surface area (Å²) in [7, 11) is 0. The summed E-state index contributed by atoms with van der Waals surface area (Å²) >= 11 is 0. The van der Waals surface area contributed by atoms with Crippen molar-refractivity contribution < 1.29 is 9.53 Å². The first kappa shape index (κ1) is 12.3. The fourth-order valence-electron chi connectivity index (χ4n) is 1.06. The normalized spacial score (nSPS) is 12.6. The maximum Gasteiger partial charge on any atom is 0.395 e. The molecule has 16 heavy (non-hydrogen) atoms. The van der Waals surface area contributed by atoms with Crippen molar-refractivity contribution in [3.05, 3.63) is 47.3 Å². The molecule has 3 nitrogen and oxygen atoms in total. The number of esters is 1. The highest BCUT2D eigenvalue weighted by Gasteiger charge is 2.29. The lowest BCUT2D eigenvalue weighted by Crippen LogP contribution is -2.24. The van der Waals surface area contributed by atoms with Crippen LogP contribution in [0.25, 0.3) is 4.85 Å². The first-order valence-electron chi connectivity index (χ1n) is 5.08. The van der Waals surface area contributed by atoms with Crippen LogP contribution in [0.15, 0.2) is 30.3 Å². The minimum absolute atomic E-state index is 0.364. The molecular formula is C13H15NO2. The average Bonchev–Trinajstić information content (AvgIpc) is 2.25. The first-order valence-corrected chi connectivity index (χ1v) is 5.08. The number of benzene rings is 1. The van der Waals surface area contributed by atoms with Crippen LogP contribution in [0.1, 0.15) is 32.6 Å². The van der Waals surface area contributed by atoms with Crippen molar-refractivity contribution in [3.63, 3.8) is 0 Å². The molecule has 0 saturated carbocycles. The lowest BCUT2D eigenvalue weighted by Gasteiger charge is -2.17. The third-order valence-electron chi connectivity index (χ3n) is 2.03. The van der Waals surface area contributed by atoms with Gasteiger partial charge in [-0.1, -0.05) is 18.2 Å². The second-order valence-electron chi connectivity index (χ2n) is 4.55. The van der Waals surface area contributed by atoms with Crippen LogP contribution < -0.4 is 0 Å². The Balaban J connectivity index is 2.80.